The molecule has 0 aromatic heterocycles. The third kappa shape index (κ3) is 3.28. The van der Waals surface area contributed by atoms with E-state index in [-0.39, 0.29) is 5.84 Å². The summed E-state index contributed by atoms with van der Waals surface area (Å²) in [5.74, 6) is 0.0475. The summed E-state index contributed by atoms with van der Waals surface area (Å²) in [6, 6.07) is 13.3. The Kier molecular flexibility index (Phi) is 4.32. The lowest BCUT2D eigenvalue weighted by Crippen LogP contribution is -2.12. The Bertz CT molecular complexity index is 584. The van der Waals surface area contributed by atoms with Crippen molar-refractivity contribution in [3.63, 3.8) is 0 Å². The molecule has 0 spiro atoms. The number of hydrogen-bond acceptors (Lipinski definition) is 2. The van der Waals surface area contributed by atoms with Crippen molar-refractivity contribution in [2.75, 3.05) is 0 Å². The zero-order valence-corrected chi connectivity index (χ0v) is 12.4. The lowest BCUT2D eigenvalue weighted by Gasteiger charge is -2.08. The van der Waals surface area contributed by atoms with Crippen molar-refractivity contribution in [3.05, 3.63) is 57.5 Å². The average Bonchev–Trinajstić information content (AvgIpc) is 2.32. The van der Waals surface area contributed by atoms with Gasteiger partial charge < -0.3 is 5.73 Å². The minimum atomic E-state index is 0.0475. The van der Waals surface area contributed by atoms with E-state index in [1.54, 1.807) is 12.1 Å². The van der Waals surface area contributed by atoms with E-state index in [9.17, 15) is 0 Å². The first-order valence-electron chi connectivity index (χ1n) is 5.13. The summed E-state index contributed by atoms with van der Waals surface area (Å²) < 4.78 is 1.03. The van der Waals surface area contributed by atoms with Gasteiger partial charge in [0.1, 0.15) is 5.84 Å². The molecule has 2 nitrogen and oxygen atoms in total. The SMILES string of the molecule is N=C(N)c1ccc(Cl)cc1Sc1ccc(Br)cc1. The highest BCUT2D eigenvalue weighted by atomic mass is 79.9. The molecule has 92 valence electrons. The molecule has 3 N–H and O–H groups in total. The second kappa shape index (κ2) is 5.78. The van der Waals surface area contributed by atoms with Crippen LogP contribution in [0.25, 0.3) is 0 Å². The lowest BCUT2D eigenvalue weighted by molar-refractivity contribution is 1.33. The summed E-state index contributed by atoms with van der Waals surface area (Å²) in [4.78, 5) is 1.96. The molecule has 0 unspecified atom stereocenters. The lowest BCUT2D eigenvalue weighted by atomic mass is 10.2. The van der Waals surface area contributed by atoms with E-state index in [0.29, 0.717) is 10.6 Å². The maximum atomic E-state index is 7.56. The second-order valence-corrected chi connectivity index (χ2v) is 6.08. The molecule has 0 saturated carbocycles. The minimum Gasteiger partial charge on any atom is -0.384 e. The number of nitrogens with one attached hydrogen (secondary N) is 1. The monoisotopic (exact) mass is 340 g/mol. The summed E-state index contributed by atoms with van der Waals surface area (Å²) >= 11 is 10.9. The van der Waals surface area contributed by atoms with Crippen LogP contribution < -0.4 is 5.73 Å². The van der Waals surface area contributed by atoms with Crippen molar-refractivity contribution in [1.82, 2.24) is 0 Å². The van der Waals surface area contributed by atoms with Gasteiger partial charge in [0.2, 0.25) is 0 Å². The van der Waals surface area contributed by atoms with Gasteiger partial charge in [0, 0.05) is 24.8 Å². The van der Waals surface area contributed by atoms with Crippen LogP contribution in [0.3, 0.4) is 0 Å². The third-order valence-corrected chi connectivity index (χ3v) is 4.10. The van der Waals surface area contributed by atoms with E-state index in [2.05, 4.69) is 15.9 Å². The second-order valence-electron chi connectivity index (χ2n) is 3.61. The average molecular weight is 342 g/mol. The van der Waals surface area contributed by atoms with Crippen LogP contribution in [0, 0.1) is 5.41 Å². The fourth-order valence-corrected chi connectivity index (χ4v) is 2.93. The van der Waals surface area contributed by atoms with Gasteiger partial charge in [-0.2, -0.15) is 0 Å². The molecule has 2 aromatic rings. The molecular formula is C13H10BrClN2S. The van der Waals surface area contributed by atoms with Crippen molar-refractivity contribution in [1.29, 1.82) is 5.41 Å². The molecule has 0 aliphatic heterocycles. The molecule has 0 aliphatic carbocycles. The van der Waals surface area contributed by atoms with Crippen molar-refractivity contribution in [2.24, 2.45) is 5.73 Å². The highest BCUT2D eigenvalue weighted by Crippen LogP contribution is 2.32. The molecule has 5 heteroatoms. The van der Waals surface area contributed by atoms with Crippen molar-refractivity contribution < 1.29 is 0 Å². The van der Waals surface area contributed by atoms with Crippen LogP contribution in [0.15, 0.2) is 56.7 Å². The Morgan fingerprint density at radius 3 is 2.44 bits per heavy atom. The first kappa shape index (κ1) is 13.5. The first-order chi connectivity index (χ1) is 8.56. The quantitative estimate of drug-likeness (QED) is 0.636. The van der Waals surface area contributed by atoms with Crippen LogP contribution in [0.1, 0.15) is 5.56 Å². The normalized spacial score (nSPS) is 10.3. The van der Waals surface area contributed by atoms with Crippen LogP contribution in [0.2, 0.25) is 5.02 Å². The number of rotatable bonds is 3. The number of nitrogen functional groups attached to an aromatic ring is 1. The fraction of sp³-hybridized carbons (Fsp3) is 0. The van der Waals surface area contributed by atoms with Crippen molar-refractivity contribution in [2.45, 2.75) is 9.79 Å². The predicted molar refractivity (Wildman–Crippen MR) is 80.7 cm³/mol. The topological polar surface area (TPSA) is 49.9 Å². The Morgan fingerprint density at radius 2 is 1.83 bits per heavy atom. The van der Waals surface area contributed by atoms with Gasteiger partial charge in [-0.05, 0) is 42.5 Å². The maximum Gasteiger partial charge on any atom is 0.123 e. The first-order valence-corrected chi connectivity index (χ1v) is 7.12. The van der Waals surface area contributed by atoms with E-state index in [1.807, 2.05) is 30.3 Å². The Hall–Kier alpha value is -0.970. The van der Waals surface area contributed by atoms with Crippen molar-refractivity contribution in [3.8, 4) is 0 Å². The molecule has 0 amide bonds. The van der Waals surface area contributed by atoms with Gasteiger partial charge >= 0.3 is 0 Å². The van der Waals surface area contributed by atoms with Crippen LogP contribution in [0.4, 0.5) is 0 Å². The number of benzene rings is 2. The molecule has 2 rings (SSSR count). The van der Waals surface area contributed by atoms with Gasteiger partial charge in [0.25, 0.3) is 0 Å². The van der Waals surface area contributed by atoms with Crippen molar-refractivity contribution >= 4 is 45.1 Å². The van der Waals surface area contributed by atoms with E-state index in [4.69, 9.17) is 22.7 Å². The van der Waals surface area contributed by atoms with Crippen LogP contribution >= 0.6 is 39.3 Å². The zero-order valence-electron chi connectivity index (χ0n) is 9.28. The highest BCUT2D eigenvalue weighted by Gasteiger charge is 2.08. The summed E-state index contributed by atoms with van der Waals surface area (Å²) in [5, 5.41) is 8.20. The van der Waals surface area contributed by atoms with E-state index in [0.717, 1.165) is 14.3 Å². The number of hydrogen-bond donors (Lipinski definition) is 2. The van der Waals surface area contributed by atoms with Gasteiger partial charge in [-0.15, -0.1) is 0 Å². The number of nitrogens with two attached hydrogens (primary N) is 1. The standard InChI is InChI=1S/C13H10BrClN2S/c14-8-1-4-10(5-2-8)18-12-7-9(15)3-6-11(12)13(16)17/h1-7H,(H3,16,17). The summed E-state index contributed by atoms with van der Waals surface area (Å²) in [6.07, 6.45) is 0. The van der Waals surface area contributed by atoms with Gasteiger partial charge in [0.05, 0.1) is 0 Å². The molecule has 0 saturated heterocycles. The Morgan fingerprint density at radius 1 is 1.17 bits per heavy atom. The zero-order chi connectivity index (χ0) is 13.1. The Balaban J connectivity index is 2.35. The van der Waals surface area contributed by atoms with E-state index >= 15 is 0 Å². The predicted octanol–water partition coefficient (Wildman–Crippen LogP) is 4.54. The molecule has 0 heterocycles. The van der Waals surface area contributed by atoms with Gasteiger partial charge in [-0.3, -0.25) is 5.41 Å². The molecule has 0 atom stereocenters. The largest absolute Gasteiger partial charge is 0.384 e. The van der Waals surface area contributed by atoms with E-state index in [1.165, 1.54) is 11.8 Å². The van der Waals surface area contributed by atoms with Crippen LogP contribution in [-0.4, -0.2) is 5.84 Å². The number of amidine groups is 1. The molecular weight excluding hydrogens is 332 g/mol. The molecule has 0 bridgehead atoms. The fourth-order valence-electron chi connectivity index (χ4n) is 1.43. The molecule has 2 aromatic carbocycles. The van der Waals surface area contributed by atoms with Crippen LogP contribution in [-0.2, 0) is 0 Å². The van der Waals surface area contributed by atoms with Gasteiger partial charge in [-0.25, -0.2) is 0 Å². The maximum absolute atomic E-state index is 7.56. The molecule has 0 radical (unpaired) electrons. The molecule has 0 aliphatic rings. The Labute approximate surface area is 123 Å². The number of halogens is 2. The van der Waals surface area contributed by atoms with Gasteiger partial charge in [0.15, 0.2) is 0 Å². The molecule has 18 heavy (non-hydrogen) atoms. The third-order valence-electron chi connectivity index (χ3n) is 2.28. The van der Waals surface area contributed by atoms with Gasteiger partial charge in [-0.1, -0.05) is 39.3 Å². The van der Waals surface area contributed by atoms with Crippen LogP contribution in [0.5, 0.6) is 0 Å². The minimum absolute atomic E-state index is 0.0475. The van der Waals surface area contributed by atoms with E-state index < -0.39 is 0 Å². The summed E-state index contributed by atoms with van der Waals surface area (Å²) in [5.41, 5.74) is 6.26. The smallest absolute Gasteiger partial charge is 0.123 e. The summed E-state index contributed by atoms with van der Waals surface area (Å²) in [7, 11) is 0. The molecule has 0 fully saturated rings. The summed E-state index contributed by atoms with van der Waals surface area (Å²) in [6.45, 7) is 0. The highest BCUT2D eigenvalue weighted by molar-refractivity contribution is 9.10.